The Morgan fingerprint density at radius 1 is 1.14 bits per heavy atom. The van der Waals surface area contributed by atoms with Crippen molar-refractivity contribution in [3.05, 3.63) is 72.6 Å². The van der Waals surface area contributed by atoms with Gasteiger partial charge in [-0.25, -0.2) is 9.97 Å². The number of hydrogen-bond acceptors (Lipinski definition) is 9. The summed E-state index contributed by atoms with van der Waals surface area (Å²) >= 11 is 0. The highest BCUT2D eigenvalue weighted by molar-refractivity contribution is 6.13. The van der Waals surface area contributed by atoms with Crippen LogP contribution in [-0.2, 0) is 4.79 Å². The van der Waals surface area contributed by atoms with Crippen LogP contribution in [0.1, 0.15) is 11.3 Å². The highest BCUT2D eigenvalue weighted by atomic mass is 16.5. The molecule has 36 heavy (non-hydrogen) atoms. The van der Waals surface area contributed by atoms with E-state index in [1.165, 1.54) is 13.2 Å². The normalized spacial score (nSPS) is 10.5. The molecule has 1 amide bonds. The molecular formula is C26H31N7O3. The lowest BCUT2D eigenvalue weighted by Crippen LogP contribution is -2.20. The van der Waals surface area contributed by atoms with E-state index in [1.807, 2.05) is 50.3 Å². The molecule has 0 unspecified atom stereocenters. The zero-order chi connectivity index (χ0) is 26.1. The van der Waals surface area contributed by atoms with Crippen LogP contribution in [-0.4, -0.2) is 67.9 Å². The van der Waals surface area contributed by atoms with Crippen molar-refractivity contribution >= 4 is 34.6 Å². The summed E-state index contributed by atoms with van der Waals surface area (Å²) in [5, 5.41) is 17.7. The standard InChI is InChI=1S/C26H31N7O3/c1-6-24(34)30-21-15-20(22(35-5)16-23(21)36-14-13-33(3)4)32-26-29-12-11-19(31-26)25(27)17-9-7-8-10-18(17)28-2/h6-12,15-16,27-28H,1,13-14H2,2-5H3,(H,30,34)(H,29,31,32). The van der Waals surface area contributed by atoms with E-state index in [4.69, 9.17) is 14.9 Å². The van der Waals surface area contributed by atoms with Gasteiger partial charge >= 0.3 is 0 Å². The molecule has 0 aliphatic rings. The summed E-state index contributed by atoms with van der Waals surface area (Å²) in [6.07, 6.45) is 2.76. The van der Waals surface area contributed by atoms with Crippen LogP contribution >= 0.6 is 0 Å². The summed E-state index contributed by atoms with van der Waals surface area (Å²) in [5.41, 5.74) is 3.18. The molecule has 3 rings (SSSR count). The number of likely N-dealkylation sites (N-methyl/N-ethyl adjacent to an activating group) is 1. The summed E-state index contributed by atoms with van der Waals surface area (Å²) < 4.78 is 11.5. The second-order valence-electron chi connectivity index (χ2n) is 7.95. The Morgan fingerprint density at radius 3 is 2.61 bits per heavy atom. The predicted molar refractivity (Wildman–Crippen MR) is 143 cm³/mol. The van der Waals surface area contributed by atoms with Crippen molar-refractivity contribution < 1.29 is 14.3 Å². The summed E-state index contributed by atoms with van der Waals surface area (Å²) in [7, 11) is 7.24. The van der Waals surface area contributed by atoms with Crippen molar-refractivity contribution in [3.63, 3.8) is 0 Å². The molecule has 188 valence electrons. The van der Waals surface area contributed by atoms with Gasteiger partial charge in [0.05, 0.1) is 29.9 Å². The minimum Gasteiger partial charge on any atom is -0.494 e. The molecule has 0 saturated heterocycles. The number of aromatic nitrogens is 2. The van der Waals surface area contributed by atoms with Crippen molar-refractivity contribution in [2.45, 2.75) is 0 Å². The Kier molecular flexibility index (Phi) is 8.95. The minimum atomic E-state index is -0.376. The molecule has 0 radical (unpaired) electrons. The number of benzene rings is 2. The third kappa shape index (κ3) is 6.57. The molecule has 1 heterocycles. The first-order chi connectivity index (χ1) is 17.4. The predicted octanol–water partition coefficient (Wildman–Crippen LogP) is 3.75. The van der Waals surface area contributed by atoms with Gasteiger partial charge in [-0.15, -0.1) is 0 Å². The lowest BCUT2D eigenvalue weighted by Gasteiger charge is -2.18. The number of carbonyl (C=O) groups excluding carboxylic acids is 1. The molecule has 2 aromatic carbocycles. The Bertz CT molecular complexity index is 1240. The first-order valence-electron chi connectivity index (χ1n) is 11.2. The minimum absolute atomic E-state index is 0.251. The molecule has 0 aliphatic heterocycles. The number of nitrogens with one attached hydrogen (secondary N) is 4. The van der Waals surface area contributed by atoms with Gasteiger partial charge in [0.1, 0.15) is 18.1 Å². The monoisotopic (exact) mass is 489 g/mol. The van der Waals surface area contributed by atoms with Crippen LogP contribution < -0.4 is 25.4 Å². The Balaban J connectivity index is 1.93. The molecule has 0 saturated carbocycles. The van der Waals surface area contributed by atoms with Crippen LogP contribution in [0.2, 0.25) is 0 Å². The molecule has 10 heteroatoms. The van der Waals surface area contributed by atoms with E-state index >= 15 is 0 Å². The van der Waals surface area contributed by atoms with Gasteiger partial charge in [-0.1, -0.05) is 24.8 Å². The molecule has 0 fully saturated rings. The molecule has 1 aromatic heterocycles. The van der Waals surface area contributed by atoms with Crippen LogP contribution in [0.25, 0.3) is 0 Å². The van der Waals surface area contributed by atoms with Gasteiger partial charge < -0.3 is 30.3 Å². The second-order valence-corrected chi connectivity index (χ2v) is 7.95. The number of amides is 1. The van der Waals surface area contributed by atoms with Crippen LogP contribution in [0.4, 0.5) is 23.0 Å². The van der Waals surface area contributed by atoms with Gasteiger partial charge in [0, 0.05) is 37.1 Å². The fourth-order valence-corrected chi connectivity index (χ4v) is 3.30. The summed E-state index contributed by atoms with van der Waals surface area (Å²) in [5.74, 6) is 0.809. The summed E-state index contributed by atoms with van der Waals surface area (Å²) in [6.45, 7) is 4.63. The maximum Gasteiger partial charge on any atom is 0.247 e. The van der Waals surface area contributed by atoms with Gasteiger partial charge in [-0.05, 0) is 38.4 Å². The van der Waals surface area contributed by atoms with E-state index in [1.54, 1.807) is 24.4 Å². The Labute approximate surface area is 210 Å². The smallest absolute Gasteiger partial charge is 0.247 e. The molecule has 3 aromatic rings. The zero-order valence-corrected chi connectivity index (χ0v) is 20.9. The lowest BCUT2D eigenvalue weighted by molar-refractivity contribution is -0.111. The fraction of sp³-hybridized carbons (Fsp3) is 0.231. The average molecular weight is 490 g/mol. The SMILES string of the molecule is C=CC(=O)Nc1cc(Nc2nccc(C(=N)c3ccccc3NC)n2)c(OC)cc1OCCN(C)C. The van der Waals surface area contributed by atoms with Crippen LogP contribution in [0, 0.1) is 5.41 Å². The molecule has 0 aliphatic carbocycles. The largest absolute Gasteiger partial charge is 0.494 e. The van der Waals surface area contributed by atoms with Gasteiger partial charge in [-0.2, -0.15) is 0 Å². The number of anilines is 4. The third-order valence-electron chi connectivity index (χ3n) is 5.16. The summed E-state index contributed by atoms with van der Waals surface area (Å²) in [4.78, 5) is 22.9. The Morgan fingerprint density at radius 2 is 1.92 bits per heavy atom. The van der Waals surface area contributed by atoms with Gasteiger partial charge in [0.2, 0.25) is 11.9 Å². The first-order valence-corrected chi connectivity index (χ1v) is 11.2. The number of para-hydroxylation sites is 1. The topological polar surface area (TPSA) is 124 Å². The number of nitrogens with zero attached hydrogens (tertiary/aromatic N) is 3. The van der Waals surface area contributed by atoms with Crippen molar-refractivity contribution in [1.29, 1.82) is 5.41 Å². The van der Waals surface area contributed by atoms with E-state index in [2.05, 4.69) is 32.5 Å². The van der Waals surface area contributed by atoms with E-state index in [0.717, 1.165) is 11.3 Å². The van der Waals surface area contributed by atoms with Gasteiger partial charge in [0.15, 0.2) is 0 Å². The Hall–Kier alpha value is -4.44. The molecule has 10 nitrogen and oxygen atoms in total. The number of methoxy groups -OCH3 is 1. The quantitative estimate of drug-likeness (QED) is 0.224. The van der Waals surface area contributed by atoms with Crippen LogP contribution in [0.3, 0.4) is 0 Å². The van der Waals surface area contributed by atoms with E-state index in [-0.39, 0.29) is 17.6 Å². The van der Waals surface area contributed by atoms with Gasteiger partial charge in [-0.3, -0.25) is 10.2 Å². The van der Waals surface area contributed by atoms with E-state index in [0.29, 0.717) is 41.7 Å². The second kappa shape index (κ2) is 12.3. The van der Waals surface area contributed by atoms with E-state index < -0.39 is 0 Å². The van der Waals surface area contributed by atoms with Gasteiger partial charge in [0.25, 0.3) is 0 Å². The van der Waals surface area contributed by atoms with Crippen molar-refractivity contribution in [3.8, 4) is 11.5 Å². The summed E-state index contributed by atoms with van der Waals surface area (Å²) in [6, 6.07) is 12.6. The third-order valence-corrected chi connectivity index (χ3v) is 5.16. The van der Waals surface area contributed by atoms with Crippen LogP contribution in [0.5, 0.6) is 11.5 Å². The average Bonchev–Trinajstić information content (AvgIpc) is 2.89. The number of hydrogen-bond donors (Lipinski definition) is 4. The maximum absolute atomic E-state index is 12.0. The molecule has 0 atom stereocenters. The number of rotatable bonds is 12. The van der Waals surface area contributed by atoms with E-state index in [9.17, 15) is 4.79 Å². The molecule has 4 N–H and O–H groups in total. The fourth-order valence-electron chi connectivity index (χ4n) is 3.30. The van der Waals surface area contributed by atoms with Crippen molar-refractivity contribution in [2.24, 2.45) is 0 Å². The number of carbonyl (C=O) groups is 1. The zero-order valence-electron chi connectivity index (χ0n) is 20.9. The highest BCUT2D eigenvalue weighted by Crippen LogP contribution is 2.37. The lowest BCUT2D eigenvalue weighted by atomic mass is 10.1. The van der Waals surface area contributed by atoms with Crippen molar-refractivity contribution in [2.75, 3.05) is 57.4 Å². The molecular weight excluding hydrogens is 458 g/mol. The molecule has 0 spiro atoms. The number of ether oxygens (including phenoxy) is 2. The maximum atomic E-state index is 12.0. The first kappa shape index (κ1) is 26.2. The highest BCUT2D eigenvalue weighted by Gasteiger charge is 2.16. The molecule has 0 bridgehead atoms. The van der Waals surface area contributed by atoms with Crippen LogP contribution in [0.15, 0.2) is 61.3 Å². The van der Waals surface area contributed by atoms with Crippen molar-refractivity contribution in [1.82, 2.24) is 14.9 Å².